The van der Waals surface area contributed by atoms with E-state index < -0.39 is 11.7 Å². The van der Waals surface area contributed by atoms with Gasteiger partial charge in [0.05, 0.1) is 12.6 Å². The summed E-state index contributed by atoms with van der Waals surface area (Å²) in [5.41, 5.74) is 0.693. The quantitative estimate of drug-likeness (QED) is 0.901. The number of rotatable bonds is 2. The highest BCUT2D eigenvalue weighted by molar-refractivity contribution is 5.68. The number of ether oxygens (including phenoxy) is 1. The van der Waals surface area contributed by atoms with Crippen LogP contribution in [0.3, 0.4) is 0 Å². The predicted molar refractivity (Wildman–Crippen MR) is 96.9 cm³/mol. The predicted octanol–water partition coefficient (Wildman–Crippen LogP) is 3.13. The molecule has 1 atom stereocenters. The van der Waals surface area contributed by atoms with Gasteiger partial charge in [-0.2, -0.15) is 0 Å². The van der Waals surface area contributed by atoms with Gasteiger partial charge in [-0.3, -0.25) is 4.90 Å². The van der Waals surface area contributed by atoms with Crippen molar-refractivity contribution in [3.05, 3.63) is 35.9 Å². The number of nitrogens with zero attached hydrogens (tertiary/aromatic N) is 2. The number of β-amino-alcohol motifs (C(OH)–C–C–N with tert-alkyl or cyclic N) is 1. The maximum absolute atomic E-state index is 12.2. The molecule has 0 aliphatic carbocycles. The van der Waals surface area contributed by atoms with Crippen LogP contribution in [-0.2, 0) is 11.3 Å². The van der Waals surface area contributed by atoms with E-state index in [-0.39, 0.29) is 6.09 Å². The lowest BCUT2D eigenvalue weighted by molar-refractivity contribution is 0.0185. The third-order valence-corrected chi connectivity index (χ3v) is 3.49. The first-order chi connectivity index (χ1) is 11.3. The van der Waals surface area contributed by atoms with E-state index >= 15 is 0 Å². The third-order valence-electron chi connectivity index (χ3n) is 3.49. The Kier molecular flexibility index (Phi) is 8.22. The Morgan fingerprint density at radius 2 is 1.79 bits per heavy atom. The fraction of sp³-hybridized carbons (Fsp3) is 0.632. The molecule has 24 heavy (non-hydrogen) atoms. The zero-order chi connectivity index (χ0) is 18.2. The summed E-state index contributed by atoms with van der Waals surface area (Å²) in [5.74, 6) is 0. The monoisotopic (exact) mass is 336 g/mol. The van der Waals surface area contributed by atoms with E-state index in [2.05, 4.69) is 17.0 Å². The number of carbonyl (C=O) groups is 1. The summed E-state index contributed by atoms with van der Waals surface area (Å²) in [4.78, 5) is 15.9. The van der Waals surface area contributed by atoms with Gasteiger partial charge in [0.25, 0.3) is 0 Å². The number of aliphatic hydroxyl groups excluding tert-OH is 1. The molecule has 1 amide bonds. The van der Waals surface area contributed by atoms with Crippen LogP contribution in [-0.4, -0.2) is 58.9 Å². The molecule has 1 unspecified atom stereocenters. The first kappa shape index (κ1) is 20.5. The Morgan fingerprint density at radius 1 is 1.17 bits per heavy atom. The fourth-order valence-electron chi connectivity index (χ4n) is 2.53. The molecule has 1 aromatic rings. The van der Waals surface area contributed by atoms with E-state index in [1.165, 1.54) is 5.56 Å². The molecule has 5 heteroatoms. The summed E-state index contributed by atoms with van der Waals surface area (Å²) < 4.78 is 5.39. The number of benzene rings is 1. The third kappa shape index (κ3) is 7.32. The zero-order valence-electron chi connectivity index (χ0n) is 15.7. The molecule has 5 nitrogen and oxygen atoms in total. The number of carbonyl (C=O) groups excluding carboxylic acids is 1. The van der Waals surface area contributed by atoms with E-state index in [0.29, 0.717) is 19.6 Å². The minimum Gasteiger partial charge on any atom is -0.444 e. The molecule has 1 aliphatic heterocycles. The van der Waals surface area contributed by atoms with Crippen molar-refractivity contribution in [1.82, 2.24) is 9.80 Å². The molecule has 1 saturated heterocycles. The first-order valence-electron chi connectivity index (χ1n) is 8.76. The second kappa shape index (κ2) is 9.64. The molecule has 136 valence electrons. The number of hydrogen-bond acceptors (Lipinski definition) is 4. The minimum absolute atomic E-state index is 0.320. The standard InChI is InChI=1S/C17H26N2O3.C2H6/c1-17(2,3)22-16(21)19-10-9-18(12-15(20)13-19)11-14-7-5-4-6-8-14;1-2/h4-8,15,20H,9-13H2,1-3H3;1-2H3. The Balaban J connectivity index is 0.00000139. The molecule has 1 fully saturated rings. The summed E-state index contributed by atoms with van der Waals surface area (Å²) in [6.45, 7) is 12.5. The molecule has 1 N–H and O–H groups in total. The summed E-state index contributed by atoms with van der Waals surface area (Å²) in [6.07, 6.45) is -0.910. The van der Waals surface area contributed by atoms with Gasteiger partial charge in [-0.15, -0.1) is 0 Å². The van der Waals surface area contributed by atoms with Crippen molar-refractivity contribution in [2.24, 2.45) is 0 Å². The van der Waals surface area contributed by atoms with E-state index in [1.807, 2.05) is 52.8 Å². The number of hydrogen-bond donors (Lipinski definition) is 1. The number of aliphatic hydroxyl groups is 1. The summed E-state index contributed by atoms with van der Waals surface area (Å²) in [7, 11) is 0. The van der Waals surface area contributed by atoms with E-state index in [4.69, 9.17) is 4.74 Å². The molecule has 0 radical (unpaired) electrons. The van der Waals surface area contributed by atoms with Crippen LogP contribution in [0.2, 0.25) is 0 Å². The molecule has 0 spiro atoms. The molecule has 0 aromatic heterocycles. The van der Waals surface area contributed by atoms with E-state index in [9.17, 15) is 9.90 Å². The highest BCUT2D eigenvalue weighted by Gasteiger charge is 2.27. The van der Waals surface area contributed by atoms with Gasteiger partial charge in [-0.05, 0) is 26.3 Å². The van der Waals surface area contributed by atoms with Crippen LogP contribution >= 0.6 is 0 Å². The molecular formula is C19H32N2O3. The van der Waals surface area contributed by atoms with Gasteiger partial charge in [-0.1, -0.05) is 44.2 Å². The SMILES string of the molecule is CC.CC(C)(C)OC(=O)N1CCN(Cc2ccccc2)CC(O)C1. The summed E-state index contributed by atoms with van der Waals surface area (Å²) in [6, 6.07) is 10.2. The Bertz CT molecular complexity index is 485. The average Bonchev–Trinajstić information content (AvgIpc) is 2.70. The molecule has 1 aromatic carbocycles. The van der Waals surface area contributed by atoms with Crippen molar-refractivity contribution in [2.75, 3.05) is 26.2 Å². The molecule has 1 aliphatic rings. The van der Waals surface area contributed by atoms with Crippen molar-refractivity contribution in [2.45, 2.75) is 52.9 Å². The summed E-state index contributed by atoms with van der Waals surface area (Å²) in [5, 5.41) is 10.2. The van der Waals surface area contributed by atoms with Crippen molar-refractivity contribution in [3.8, 4) is 0 Å². The van der Waals surface area contributed by atoms with Crippen molar-refractivity contribution in [3.63, 3.8) is 0 Å². The molecule has 0 bridgehead atoms. The molecule has 0 saturated carbocycles. The van der Waals surface area contributed by atoms with E-state index in [0.717, 1.165) is 13.1 Å². The van der Waals surface area contributed by atoms with Gasteiger partial charge in [0.1, 0.15) is 5.60 Å². The van der Waals surface area contributed by atoms with Crippen LogP contribution in [0.15, 0.2) is 30.3 Å². The van der Waals surface area contributed by atoms with Crippen LogP contribution in [0, 0.1) is 0 Å². The van der Waals surface area contributed by atoms with Gasteiger partial charge in [0.15, 0.2) is 0 Å². The smallest absolute Gasteiger partial charge is 0.410 e. The Labute approximate surface area is 146 Å². The largest absolute Gasteiger partial charge is 0.444 e. The van der Waals surface area contributed by atoms with Crippen LogP contribution in [0.1, 0.15) is 40.2 Å². The second-order valence-electron chi connectivity index (χ2n) is 6.80. The van der Waals surface area contributed by atoms with Crippen LogP contribution in [0.5, 0.6) is 0 Å². The fourth-order valence-corrected chi connectivity index (χ4v) is 2.53. The first-order valence-corrected chi connectivity index (χ1v) is 8.76. The normalized spacial score (nSPS) is 19.1. The van der Waals surface area contributed by atoms with Crippen molar-refractivity contribution < 1.29 is 14.6 Å². The Hall–Kier alpha value is -1.59. The van der Waals surface area contributed by atoms with Gasteiger partial charge in [0, 0.05) is 26.2 Å². The van der Waals surface area contributed by atoms with E-state index in [1.54, 1.807) is 4.90 Å². The molecular weight excluding hydrogens is 304 g/mol. The van der Waals surface area contributed by atoms with Gasteiger partial charge < -0.3 is 14.7 Å². The highest BCUT2D eigenvalue weighted by Crippen LogP contribution is 2.13. The lowest BCUT2D eigenvalue weighted by Crippen LogP contribution is -2.41. The van der Waals surface area contributed by atoms with Crippen molar-refractivity contribution >= 4 is 6.09 Å². The van der Waals surface area contributed by atoms with Crippen LogP contribution in [0.25, 0.3) is 0 Å². The average molecular weight is 336 g/mol. The highest BCUT2D eigenvalue weighted by atomic mass is 16.6. The number of amides is 1. The van der Waals surface area contributed by atoms with Gasteiger partial charge in [0.2, 0.25) is 0 Å². The van der Waals surface area contributed by atoms with Crippen molar-refractivity contribution in [1.29, 1.82) is 0 Å². The molecule has 1 heterocycles. The lowest BCUT2D eigenvalue weighted by Gasteiger charge is -2.27. The lowest BCUT2D eigenvalue weighted by atomic mass is 10.2. The second-order valence-corrected chi connectivity index (χ2v) is 6.80. The Morgan fingerprint density at radius 3 is 2.38 bits per heavy atom. The molecule has 2 rings (SSSR count). The maximum atomic E-state index is 12.2. The van der Waals surface area contributed by atoms with Crippen LogP contribution in [0.4, 0.5) is 4.79 Å². The van der Waals surface area contributed by atoms with Gasteiger partial charge in [-0.25, -0.2) is 4.79 Å². The zero-order valence-corrected chi connectivity index (χ0v) is 15.7. The topological polar surface area (TPSA) is 53.0 Å². The maximum Gasteiger partial charge on any atom is 0.410 e. The van der Waals surface area contributed by atoms with Gasteiger partial charge >= 0.3 is 6.09 Å². The van der Waals surface area contributed by atoms with Crippen LogP contribution < -0.4 is 0 Å². The summed E-state index contributed by atoms with van der Waals surface area (Å²) >= 11 is 0. The minimum atomic E-state index is -0.557.